The fraction of sp³-hybridized carbons (Fsp3) is 0.259. The Kier molecular flexibility index (Phi) is 6.90. The quantitative estimate of drug-likeness (QED) is 0.534. The minimum Gasteiger partial charge on any atom is -0.371 e. The Bertz CT molecular complexity index is 1210. The van der Waals surface area contributed by atoms with E-state index in [1.54, 1.807) is 23.9 Å². The molecular formula is C27H27FN4O2S. The summed E-state index contributed by atoms with van der Waals surface area (Å²) in [5.41, 5.74) is 4.05. The zero-order chi connectivity index (χ0) is 24.2. The van der Waals surface area contributed by atoms with Gasteiger partial charge in [0.25, 0.3) is 5.91 Å². The van der Waals surface area contributed by atoms with Gasteiger partial charge in [0.05, 0.1) is 11.4 Å². The highest BCUT2D eigenvalue weighted by Gasteiger charge is 2.27. The molecule has 1 unspecified atom stereocenters. The molecule has 2 aliphatic rings. The third-order valence-corrected chi connectivity index (χ3v) is 7.41. The van der Waals surface area contributed by atoms with Crippen molar-refractivity contribution >= 4 is 40.6 Å². The van der Waals surface area contributed by atoms with E-state index in [4.69, 9.17) is 0 Å². The first-order valence-electron chi connectivity index (χ1n) is 11.7. The lowest BCUT2D eigenvalue weighted by Gasteiger charge is -2.36. The highest BCUT2D eigenvalue weighted by molar-refractivity contribution is 7.98. The van der Waals surface area contributed by atoms with E-state index in [2.05, 4.69) is 27.7 Å². The Balaban J connectivity index is 1.17. The van der Waals surface area contributed by atoms with E-state index in [0.29, 0.717) is 35.8 Å². The molecule has 2 N–H and O–H groups in total. The summed E-state index contributed by atoms with van der Waals surface area (Å²) in [5.74, 6) is 0.761. The van der Waals surface area contributed by atoms with E-state index in [1.165, 1.54) is 17.8 Å². The first-order chi connectivity index (χ1) is 17.1. The van der Waals surface area contributed by atoms with Crippen LogP contribution in [-0.2, 0) is 10.5 Å². The molecule has 5 rings (SSSR count). The number of para-hydroxylation sites is 1. The highest BCUT2D eigenvalue weighted by Crippen LogP contribution is 2.30. The molecule has 0 aromatic heterocycles. The molecule has 1 fully saturated rings. The molecule has 3 aromatic carbocycles. The molecule has 8 heteroatoms. The van der Waals surface area contributed by atoms with Gasteiger partial charge in [-0.1, -0.05) is 30.3 Å². The van der Waals surface area contributed by atoms with Crippen molar-refractivity contribution in [3.05, 3.63) is 89.7 Å². The number of carbonyl (C=O) groups excluding carboxylic acids is 2. The van der Waals surface area contributed by atoms with Crippen LogP contribution in [0.4, 0.5) is 21.5 Å². The molecule has 2 aliphatic heterocycles. The van der Waals surface area contributed by atoms with Crippen molar-refractivity contribution in [2.45, 2.75) is 11.8 Å². The van der Waals surface area contributed by atoms with Crippen molar-refractivity contribution in [3.8, 4) is 0 Å². The van der Waals surface area contributed by atoms with Gasteiger partial charge in [-0.15, -0.1) is 0 Å². The van der Waals surface area contributed by atoms with E-state index >= 15 is 0 Å². The van der Waals surface area contributed by atoms with Crippen LogP contribution in [-0.4, -0.2) is 54.7 Å². The second-order valence-electron chi connectivity index (χ2n) is 8.71. The predicted molar refractivity (Wildman–Crippen MR) is 140 cm³/mol. The van der Waals surface area contributed by atoms with Crippen molar-refractivity contribution in [3.63, 3.8) is 0 Å². The van der Waals surface area contributed by atoms with Crippen LogP contribution >= 0.6 is 11.8 Å². The Morgan fingerprint density at radius 2 is 1.74 bits per heavy atom. The van der Waals surface area contributed by atoms with Gasteiger partial charge in [-0.2, -0.15) is 11.8 Å². The smallest absolute Gasteiger partial charge is 0.254 e. The lowest BCUT2D eigenvalue weighted by Crippen LogP contribution is -2.48. The second-order valence-corrected chi connectivity index (χ2v) is 9.74. The predicted octanol–water partition coefficient (Wildman–Crippen LogP) is 4.45. The van der Waals surface area contributed by atoms with Crippen molar-refractivity contribution in [2.24, 2.45) is 0 Å². The summed E-state index contributed by atoms with van der Waals surface area (Å²) in [5, 5.41) is 6.22. The maximum Gasteiger partial charge on any atom is 0.254 e. The van der Waals surface area contributed by atoms with E-state index in [-0.39, 0.29) is 17.6 Å². The van der Waals surface area contributed by atoms with Gasteiger partial charge >= 0.3 is 0 Å². The number of nitrogens with one attached hydrogen (secondary N) is 2. The summed E-state index contributed by atoms with van der Waals surface area (Å²) in [6.07, 6.45) is 0. The molecule has 2 amide bonds. The lowest BCUT2D eigenvalue weighted by molar-refractivity contribution is -0.116. The topological polar surface area (TPSA) is 64.7 Å². The van der Waals surface area contributed by atoms with Gasteiger partial charge in [0.15, 0.2) is 0 Å². The Morgan fingerprint density at radius 3 is 2.51 bits per heavy atom. The number of carbonyl (C=O) groups is 2. The van der Waals surface area contributed by atoms with Gasteiger partial charge in [0.1, 0.15) is 11.9 Å². The van der Waals surface area contributed by atoms with Gasteiger partial charge < -0.3 is 20.4 Å². The fourth-order valence-electron chi connectivity index (χ4n) is 4.41. The molecule has 0 bridgehead atoms. The van der Waals surface area contributed by atoms with Gasteiger partial charge in [0.2, 0.25) is 5.91 Å². The third kappa shape index (κ3) is 5.43. The Hall–Kier alpha value is -3.52. The number of hydrogen-bond donors (Lipinski definition) is 2. The molecule has 0 saturated carbocycles. The highest BCUT2D eigenvalue weighted by atomic mass is 32.2. The van der Waals surface area contributed by atoms with Gasteiger partial charge in [-0.3, -0.25) is 9.59 Å². The average Bonchev–Trinajstić information content (AvgIpc) is 2.89. The van der Waals surface area contributed by atoms with Crippen molar-refractivity contribution in [1.82, 2.24) is 4.90 Å². The molecule has 0 spiro atoms. The van der Waals surface area contributed by atoms with Crippen LogP contribution < -0.4 is 15.5 Å². The molecule has 2 heterocycles. The summed E-state index contributed by atoms with van der Waals surface area (Å²) in [6.45, 7) is 2.88. The van der Waals surface area contributed by atoms with Crippen molar-refractivity contribution in [2.75, 3.05) is 47.5 Å². The molecule has 35 heavy (non-hydrogen) atoms. The van der Waals surface area contributed by atoms with Crippen LogP contribution in [0.25, 0.3) is 0 Å². The van der Waals surface area contributed by atoms with Crippen LogP contribution in [0, 0.1) is 5.82 Å². The number of anilines is 3. The van der Waals surface area contributed by atoms with E-state index in [1.807, 2.05) is 41.3 Å². The number of piperazine rings is 1. The average molecular weight is 491 g/mol. The van der Waals surface area contributed by atoms with Crippen LogP contribution in [0.15, 0.2) is 72.8 Å². The van der Waals surface area contributed by atoms with Crippen LogP contribution in [0.1, 0.15) is 15.9 Å². The largest absolute Gasteiger partial charge is 0.371 e. The molecule has 1 saturated heterocycles. The fourth-order valence-corrected chi connectivity index (χ4v) is 5.41. The number of rotatable bonds is 6. The summed E-state index contributed by atoms with van der Waals surface area (Å²) < 4.78 is 13.4. The molecule has 0 radical (unpaired) electrons. The minimum atomic E-state index is -0.395. The molecule has 6 nitrogen and oxygen atoms in total. The zero-order valence-corrected chi connectivity index (χ0v) is 20.1. The molecule has 180 valence electrons. The van der Waals surface area contributed by atoms with Crippen molar-refractivity contribution in [1.29, 1.82) is 0 Å². The van der Waals surface area contributed by atoms with E-state index in [0.717, 1.165) is 24.3 Å². The summed E-state index contributed by atoms with van der Waals surface area (Å²) in [4.78, 5) is 29.9. The van der Waals surface area contributed by atoms with Gasteiger partial charge in [0, 0.05) is 48.9 Å². The van der Waals surface area contributed by atoms with Crippen molar-refractivity contribution < 1.29 is 14.0 Å². The first kappa shape index (κ1) is 23.2. The number of nitrogens with zero attached hydrogens (tertiary/aromatic N) is 2. The zero-order valence-electron chi connectivity index (χ0n) is 19.2. The lowest BCUT2D eigenvalue weighted by atomic mass is 10.1. The Morgan fingerprint density at radius 1 is 0.943 bits per heavy atom. The maximum absolute atomic E-state index is 13.4. The van der Waals surface area contributed by atoms with Crippen LogP contribution in [0.3, 0.4) is 0 Å². The molecular weight excluding hydrogens is 463 g/mol. The first-order valence-corrected chi connectivity index (χ1v) is 12.9. The van der Waals surface area contributed by atoms with Crippen LogP contribution in [0.2, 0.25) is 0 Å². The number of amides is 2. The van der Waals surface area contributed by atoms with Gasteiger partial charge in [-0.05, 0) is 48.0 Å². The number of fused-ring (bicyclic) bond motifs is 1. The van der Waals surface area contributed by atoms with Crippen LogP contribution in [0.5, 0.6) is 0 Å². The second kappa shape index (κ2) is 10.4. The number of hydrogen-bond acceptors (Lipinski definition) is 5. The van der Waals surface area contributed by atoms with Gasteiger partial charge in [-0.25, -0.2) is 4.39 Å². The number of benzene rings is 3. The standard InChI is InChI=1S/C27H27FN4O2S/c28-21-6-4-5-19(15-21)17-35-18-25-26(33)30-24-16-20(9-10-23(24)29-25)27(34)32-13-11-31(12-14-32)22-7-2-1-3-8-22/h1-10,15-16,25,29H,11-14,17-18H2,(H,30,33). The summed E-state index contributed by atoms with van der Waals surface area (Å²) >= 11 is 1.57. The SMILES string of the molecule is O=C1Nc2cc(C(=O)N3CCN(c4ccccc4)CC3)ccc2NC1CSCc1cccc(F)c1. The van der Waals surface area contributed by atoms with E-state index in [9.17, 15) is 14.0 Å². The number of thioether (sulfide) groups is 1. The number of halogens is 1. The molecule has 3 aromatic rings. The van der Waals surface area contributed by atoms with E-state index < -0.39 is 6.04 Å². The summed E-state index contributed by atoms with van der Waals surface area (Å²) in [7, 11) is 0. The third-order valence-electron chi connectivity index (χ3n) is 6.30. The molecule has 1 atom stereocenters. The summed E-state index contributed by atoms with van der Waals surface area (Å²) in [6, 6.07) is 21.7. The minimum absolute atomic E-state index is 0.0254. The Labute approximate surface area is 208 Å². The maximum atomic E-state index is 13.4. The monoisotopic (exact) mass is 490 g/mol. The normalized spacial score (nSPS) is 17.4. The molecule has 0 aliphatic carbocycles.